The topological polar surface area (TPSA) is 74.8 Å². The lowest BCUT2D eigenvalue weighted by Gasteiger charge is -2.36. The predicted octanol–water partition coefficient (Wildman–Crippen LogP) is 5.84. The number of halogens is 4. The molecule has 3 amide bonds. The summed E-state index contributed by atoms with van der Waals surface area (Å²) in [5.74, 6) is -1.57. The van der Waals surface area contributed by atoms with Crippen molar-refractivity contribution in [3.63, 3.8) is 0 Å². The lowest BCUT2D eigenvalue weighted by Crippen LogP contribution is -2.46. The zero-order chi connectivity index (χ0) is 25.2. The van der Waals surface area contributed by atoms with Crippen molar-refractivity contribution < 1.29 is 23.1 Å². The van der Waals surface area contributed by atoms with Crippen LogP contribution in [0.4, 0.5) is 18.4 Å². The molecule has 11 heteroatoms. The second kappa shape index (κ2) is 12.8. The third-order valence-corrected chi connectivity index (χ3v) is 7.04. The van der Waals surface area contributed by atoms with E-state index >= 15 is 0 Å². The van der Waals surface area contributed by atoms with Crippen LogP contribution < -0.4 is 5.32 Å². The maximum atomic E-state index is 13.9. The Bertz CT molecular complexity index is 1070. The van der Waals surface area contributed by atoms with Crippen LogP contribution in [0.15, 0.2) is 42.6 Å². The van der Waals surface area contributed by atoms with Gasteiger partial charge in [0, 0.05) is 30.4 Å². The Morgan fingerprint density at radius 2 is 1.86 bits per heavy atom. The van der Waals surface area contributed by atoms with Gasteiger partial charge in [-0.25, -0.2) is 23.3 Å². The first-order chi connectivity index (χ1) is 16.7. The number of carbonyl (C=O) groups is 2. The molecule has 1 N–H and O–H groups in total. The van der Waals surface area contributed by atoms with Crippen LogP contribution in [0.1, 0.15) is 63.3 Å². The Labute approximate surface area is 228 Å². The number of amides is 3. The lowest BCUT2D eigenvalue weighted by molar-refractivity contribution is 0.0676. The highest BCUT2D eigenvalue weighted by molar-refractivity contribution is 5.93. The highest BCUT2D eigenvalue weighted by Gasteiger charge is 2.51. The number of nitrogens with one attached hydrogen (secondary N) is 1. The van der Waals surface area contributed by atoms with Crippen LogP contribution in [0.25, 0.3) is 0 Å². The summed E-state index contributed by atoms with van der Waals surface area (Å²) in [7, 11) is 0. The summed E-state index contributed by atoms with van der Waals surface area (Å²) in [4.78, 5) is 33.3. The number of nitrogens with zero attached hydrogens (tertiary/aromatic N) is 3. The van der Waals surface area contributed by atoms with Crippen molar-refractivity contribution in [2.24, 2.45) is 0 Å². The molecule has 0 radical (unpaired) electrons. The van der Waals surface area contributed by atoms with E-state index in [0.717, 1.165) is 48.7 Å². The van der Waals surface area contributed by atoms with Gasteiger partial charge in [0.1, 0.15) is 11.6 Å². The minimum Gasteiger partial charge on any atom is -0.440 e. The van der Waals surface area contributed by atoms with Crippen molar-refractivity contribution in [2.45, 2.75) is 63.6 Å². The van der Waals surface area contributed by atoms with E-state index in [1.165, 1.54) is 6.07 Å². The van der Waals surface area contributed by atoms with Gasteiger partial charge in [0.25, 0.3) is 0 Å². The fourth-order valence-corrected chi connectivity index (χ4v) is 5.09. The highest BCUT2D eigenvalue weighted by Crippen LogP contribution is 2.41. The molecule has 2 aliphatic heterocycles. The molecule has 0 saturated carbocycles. The largest absolute Gasteiger partial charge is 0.440 e. The third-order valence-electron chi connectivity index (χ3n) is 7.04. The van der Waals surface area contributed by atoms with Gasteiger partial charge in [-0.3, -0.25) is 4.98 Å². The van der Waals surface area contributed by atoms with Gasteiger partial charge in [0.2, 0.25) is 0 Å². The van der Waals surface area contributed by atoms with Crippen LogP contribution >= 0.6 is 24.8 Å². The molecule has 1 aromatic carbocycles. The number of cyclic esters (lactones) is 1. The summed E-state index contributed by atoms with van der Waals surface area (Å²) < 4.78 is 32.7. The van der Waals surface area contributed by atoms with Crippen LogP contribution in [-0.2, 0) is 4.74 Å². The number of imide groups is 1. The third kappa shape index (κ3) is 6.89. The highest BCUT2D eigenvalue weighted by atomic mass is 35.5. The summed E-state index contributed by atoms with van der Waals surface area (Å²) in [6.07, 6.45) is 3.81. The van der Waals surface area contributed by atoms with Gasteiger partial charge in [-0.15, -0.1) is 24.8 Å². The predicted molar refractivity (Wildman–Crippen MR) is 141 cm³/mol. The number of hydrogen-bond acceptors (Lipinski definition) is 5. The lowest BCUT2D eigenvalue weighted by atomic mass is 9.91. The number of likely N-dealkylation sites (tertiary alicyclic amines) is 1. The standard InChI is InChI=1S/C26H32F2N4O3.2ClH/c1-17(31-14-10-18(11-15-31)22-6-4-5-12-29-22)9-13-30-24(33)32-23(26(2,3)35-25(32)34)19-7-8-20(27)21(28)16-19;;/h4-8,12,16-18,23H,9-11,13-15H2,1-3H3,(H,30,33);2*1H. The van der Waals surface area contributed by atoms with Crippen LogP contribution in [-0.4, -0.2) is 58.2 Å². The normalized spacial score (nSPS) is 20.4. The van der Waals surface area contributed by atoms with Crippen molar-refractivity contribution >= 4 is 36.9 Å². The molecule has 2 aliphatic rings. The quantitative estimate of drug-likeness (QED) is 0.481. The van der Waals surface area contributed by atoms with Gasteiger partial charge in [-0.1, -0.05) is 12.1 Å². The number of urea groups is 1. The van der Waals surface area contributed by atoms with Gasteiger partial charge in [0.05, 0.1) is 0 Å². The molecule has 204 valence electrons. The van der Waals surface area contributed by atoms with E-state index in [1.54, 1.807) is 13.8 Å². The molecule has 4 rings (SSSR count). The number of carbonyl (C=O) groups excluding carboxylic acids is 2. The number of hydrogen-bond donors (Lipinski definition) is 1. The molecule has 2 atom stereocenters. The summed E-state index contributed by atoms with van der Waals surface area (Å²) >= 11 is 0. The summed E-state index contributed by atoms with van der Waals surface area (Å²) in [5.41, 5.74) is 0.339. The van der Waals surface area contributed by atoms with E-state index in [-0.39, 0.29) is 30.9 Å². The van der Waals surface area contributed by atoms with E-state index in [1.807, 2.05) is 18.3 Å². The Balaban J connectivity index is 0.00000241. The number of rotatable bonds is 6. The van der Waals surface area contributed by atoms with Crippen LogP contribution in [0.3, 0.4) is 0 Å². The van der Waals surface area contributed by atoms with E-state index in [2.05, 4.69) is 28.2 Å². The molecule has 37 heavy (non-hydrogen) atoms. The van der Waals surface area contributed by atoms with E-state index in [4.69, 9.17) is 4.74 Å². The van der Waals surface area contributed by atoms with Crippen molar-refractivity contribution in [1.82, 2.24) is 20.1 Å². The fraction of sp³-hybridized carbons (Fsp3) is 0.500. The summed E-state index contributed by atoms with van der Waals surface area (Å²) in [6.45, 7) is 7.70. The SMILES string of the molecule is CC(CCNC(=O)N1C(=O)OC(C)(C)C1c1ccc(F)c(F)c1)N1CCC(c2ccccn2)CC1.Cl.Cl. The molecule has 1 aromatic heterocycles. The first-order valence-corrected chi connectivity index (χ1v) is 12.1. The molecular formula is C26H34Cl2F2N4O3. The van der Waals surface area contributed by atoms with Crippen LogP contribution in [0.2, 0.25) is 0 Å². The van der Waals surface area contributed by atoms with Gasteiger partial charge < -0.3 is 15.0 Å². The molecule has 0 aliphatic carbocycles. The fourth-order valence-electron chi connectivity index (χ4n) is 5.09. The van der Waals surface area contributed by atoms with Gasteiger partial charge in [-0.05, 0) is 83.0 Å². The molecule has 3 heterocycles. The minimum atomic E-state index is -1.09. The number of ether oxygens (including phenoxy) is 1. The second-order valence-electron chi connectivity index (χ2n) is 9.85. The van der Waals surface area contributed by atoms with E-state index in [0.29, 0.717) is 24.4 Å². The number of aromatic nitrogens is 1. The Hall–Kier alpha value is -2.49. The number of benzene rings is 1. The van der Waals surface area contributed by atoms with Gasteiger partial charge in [-0.2, -0.15) is 0 Å². The zero-order valence-electron chi connectivity index (χ0n) is 21.2. The molecule has 0 spiro atoms. The molecule has 0 bridgehead atoms. The zero-order valence-corrected chi connectivity index (χ0v) is 22.8. The number of pyridine rings is 1. The van der Waals surface area contributed by atoms with Crippen molar-refractivity contribution in [1.29, 1.82) is 0 Å². The molecule has 2 saturated heterocycles. The van der Waals surface area contributed by atoms with Gasteiger partial charge in [0.15, 0.2) is 11.6 Å². The maximum absolute atomic E-state index is 13.9. The average Bonchev–Trinajstić information content (AvgIpc) is 3.09. The monoisotopic (exact) mass is 558 g/mol. The summed E-state index contributed by atoms with van der Waals surface area (Å²) in [5, 5.41) is 2.80. The van der Waals surface area contributed by atoms with Crippen molar-refractivity contribution in [2.75, 3.05) is 19.6 Å². The Kier molecular flexibility index (Phi) is 10.7. The van der Waals surface area contributed by atoms with E-state index < -0.39 is 35.4 Å². The van der Waals surface area contributed by atoms with Crippen LogP contribution in [0, 0.1) is 11.6 Å². The molecule has 2 fully saturated rings. The van der Waals surface area contributed by atoms with Crippen molar-refractivity contribution in [3.05, 3.63) is 65.5 Å². The first-order valence-electron chi connectivity index (χ1n) is 12.1. The van der Waals surface area contributed by atoms with E-state index in [9.17, 15) is 18.4 Å². The summed E-state index contributed by atoms with van der Waals surface area (Å²) in [6, 6.07) is 8.14. The maximum Gasteiger partial charge on any atom is 0.419 e. The Morgan fingerprint density at radius 3 is 2.49 bits per heavy atom. The molecule has 2 aromatic rings. The minimum absolute atomic E-state index is 0. The number of piperidine rings is 1. The smallest absolute Gasteiger partial charge is 0.419 e. The first kappa shape index (κ1) is 30.7. The molecular weight excluding hydrogens is 525 g/mol. The second-order valence-corrected chi connectivity index (χ2v) is 9.85. The molecule has 2 unspecified atom stereocenters. The molecule has 7 nitrogen and oxygen atoms in total. The average molecular weight is 559 g/mol. The Morgan fingerprint density at radius 1 is 1.16 bits per heavy atom. The van der Waals surface area contributed by atoms with Gasteiger partial charge >= 0.3 is 12.1 Å². The van der Waals surface area contributed by atoms with Crippen LogP contribution in [0.5, 0.6) is 0 Å². The van der Waals surface area contributed by atoms with Crippen molar-refractivity contribution in [3.8, 4) is 0 Å².